The number of benzene rings is 1. The van der Waals surface area contributed by atoms with Gasteiger partial charge in [0.15, 0.2) is 0 Å². The summed E-state index contributed by atoms with van der Waals surface area (Å²) >= 11 is 0. The molecule has 0 amide bonds. The minimum atomic E-state index is -0.764. The quantitative estimate of drug-likeness (QED) is 0.795. The topological polar surface area (TPSA) is 61.1 Å². The number of aliphatic carboxylic acids is 1. The number of rotatable bonds is 2. The molecule has 1 aromatic rings. The summed E-state index contributed by atoms with van der Waals surface area (Å²) in [5.74, 6) is -0.581. The SMILES string of the molecule is CC1CC1(C(=O)O)c1ccc(C#N)cc1. The lowest BCUT2D eigenvalue weighted by Crippen LogP contribution is -2.21. The van der Waals surface area contributed by atoms with Gasteiger partial charge < -0.3 is 5.11 Å². The van der Waals surface area contributed by atoms with Crippen LogP contribution < -0.4 is 0 Å². The molecule has 76 valence electrons. The van der Waals surface area contributed by atoms with Crippen molar-refractivity contribution in [1.82, 2.24) is 0 Å². The summed E-state index contributed by atoms with van der Waals surface area (Å²) in [4.78, 5) is 11.2. The van der Waals surface area contributed by atoms with Crippen LogP contribution in [0.1, 0.15) is 24.5 Å². The van der Waals surface area contributed by atoms with E-state index in [2.05, 4.69) is 0 Å². The summed E-state index contributed by atoms with van der Waals surface area (Å²) in [6.45, 7) is 1.94. The molecular formula is C12H11NO2. The average molecular weight is 201 g/mol. The summed E-state index contributed by atoms with van der Waals surface area (Å²) in [6, 6.07) is 8.85. The summed E-state index contributed by atoms with van der Waals surface area (Å²) in [5, 5.41) is 17.8. The van der Waals surface area contributed by atoms with Gasteiger partial charge in [0.05, 0.1) is 17.0 Å². The Balaban J connectivity index is 2.38. The Hall–Kier alpha value is -1.82. The van der Waals surface area contributed by atoms with E-state index in [0.29, 0.717) is 12.0 Å². The molecule has 2 rings (SSSR count). The first kappa shape index (κ1) is 9.72. The van der Waals surface area contributed by atoms with E-state index < -0.39 is 11.4 Å². The summed E-state index contributed by atoms with van der Waals surface area (Å²) < 4.78 is 0. The summed E-state index contributed by atoms with van der Waals surface area (Å²) in [5.41, 5.74) is 0.669. The second-order valence-corrected chi connectivity index (χ2v) is 4.07. The second-order valence-electron chi connectivity index (χ2n) is 4.07. The maximum Gasteiger partial charge on any atom is 0.314 e. The molecule has 0 aromatic heterocycles. The number of hydrogen-bond donors (Lipinski definition) is 1. The maximum absolute atomic E-state index is 11.2. The van der Waals surface area contributed by atoms with Gasteiger partial charge >= 0.3 is 5.97 Å². The molecule has 0 spiro atoms. The van der Waals surface area contributed by atoms with Crippen LogP contribution in [0.2, 0.25) is 0 Å². The van der Waals surface area contributed by atoms with Gasteiger partial charge in [-0.3, -0.25) is 4.79 Å². The van der Waals surface area contributed by atoms with Crippen molar-refractivity contribution in [2.75, 3.05) is 0 Å². The van der Waals surface area contributed by atoms with Crippen LogP contribution >= 0.6 is 0 Å². The standard InChI is InChI=1S/C12H11NO2/c1-8-6-12(8,11(14)15)10-4-2-9(7-13)3-5-10/h2-5,8H,6H2,1H3,(H,14,15). The summed E-state index contributed by atoms with van der Waals surface area (Å²) in [7, 11) is 0. The van der Waals surface area contributed by atoms with Crippen molar-refractivity contribution in [3.63, 3.8) is 0 Å². The molecule has 0 aliphatic heterocycles. The monoisotopic (exact) mass is 201 g/mol. The molecule has 0 bridgehead atoms. The van der Waals surface area contributed by atoms with Crippen molar-refractivity contribution in [1.29, 1.82) is 5.26 Å². The van der Waals surface area contributed by atoms with Gasteiger partial charge in [0.1, 0.15) is 0 Å². The van der Waals surface area contributed by atoms with Crippen LogP contribution in [0.25, 0.3) is 0 Å². The molecule has 0 heterocycles. The van der Waals surface area contributed by atoms with Gasteiger partial charge in [-0.05, 0) is 30.0 Å². The van der Waals surface area contributed by atoms with E-state index in [0.717, 1.165) is 5.56 Å². The van der Waals surface area contributed by atoms with Crippen LogP contribution in [0.3, 0.4) is 0 Å². The number of nitriles is 1. The lowest BCUT2D eigenvalue weighted by molar-refractivity contribution is -0.140. The first-order valence-electron chi connectivity index (χ1n) is 4.85. The largest absolute Gasteiger partial charge is 0.481 e. The van der Waals surface area contributed by atoms with E-state index in [-0.39, 0.29) is 5.92 Å². The number of carboxylic acids is 1. The lowest BCUT2D eigenvalue weighted by Gasteiger charge is -2.11. The lowest BCUT2D eigenvalue weighted by atomic mass is 9.93. The van der Waals surface area contributed by atoms with Crippen LogP contribution in [0.5, 0.6) is 0 Å². The minimum absolute atomic E-state index is 0.183. The third kappa shape index (κ3) is 1.30. The van der Waals surface area contributed by atoms with Gasteiger partial charge in [-0.15, -0.1) is 0 Å². The molecule has 15 heavy (non-hydrogen) atoms. The summed E-state index contributed by atoms with van der Waals surface area (Å²) in [6.07, 6.45) is 0.689. The molecule has 3 nitrogen and oxygen atoms in total. The highest BCUT2D eigenvalue weighted by Gasteiger charge is 2.58. The fourth-order valence-electron chi connectivity index (χ4n) is 2.09. The Bertz CT molecular complexity index is 444. The molecule has 3 heteroatoms. The van der Waals surface area contributed by atoms with Gasteiger partial charge in [-0.2, -0.15) is 5.26 Å². The van der Waals surface area contributed by atoms with Crippen molar-refractivity contribution in [2.45, 2.75) is 18.8 Å². The maximum atomic E-state index is 11.2. The van der Waals surface area contributed by atoms with Gasteiger partial charge in [-0.25, -0.2) is 0 Å². The molecule has 0 saturated heterocycles. The molecule has 1 saturated carbocycles. The average Bonchev–Trinajstić information content (AvgIpc) is 2.92. The van der Waals surface area contributed by atoms with Crippen LogP contribution in [0.15, 0.2) is 24.3 Å². The van der Waals surface area contributed by atoms with E-state index >= 15 is 0 Å². The molecule has 2 atom stereocenters. The van der Waals surface area contributed by atoms with Gasteiger partial charge in [0.25, 0.3) is 0 Å². The number of hydrogen-bond acceptors (Lipinski definition) is 2. The Kier molecular flexibility index (Phi) is 2.01. The highest BCUT2D eigenvalue weighted by molar-refractivity contribution is 5.85. The third-order valence-electron chi connectivity index (χ3n) is 3.22. The zero-order valence-corrected chi connectivity index (χ0v) is 8.40. The molecule has 1 aliphatic rings. The van der Waals surface area contributed by atoms with Crippen LogP contribution in [-0.4, -0.2) is 11.1 Å². The van der Waals surface area contributed by atoms with E-state index in [1.807, 2.05) is 13.0 Å². The third-order valence-corrected chi connectivity index (χ3v) is 3.22. The normalized spacial score (nSPS) is 28.1. The fraction of sp³-hybridized carbons (Fsp3) is 0.333. The van der Waals surface area contributed by atoms with Crippen LogP contribution in [0.4, 0.5) is 0 Å². The van der Waals surface area contributed by atoms with Crippen molar-refractivity contribution in [2.24, 2.45) is 5.92 Å². The van der Waals surface area contributed by atoms with Gasteiger partial charge in [0.2, 0.25) is 0 Å². The van der Waals surface area contributed by atoms with E-state index in [4.69, 9.17) is 5.26 Å². The fourth-order valence-corrected chi connectivity index (χ4v) is 2.09. The van der Waals surface area contributed by atoms with Crippen molar-refractivity contribution in [3.8, 4) is 6.07 Å². The van der Waals surface area contributed by atoms with Crippen molar-refractivity contribution < 1.29 is 9.90 Å². The Morgan fingerprint density at radius 2 is 2.07 bits per heavy atom. The zero-order chi connectivity index (χ0) is 11.1. The first-order valence-corrected chi connectivity index (χ1v) is 4.85. The number of nitrogens with zero attached hydrogens (tertiary/aromatic N) is 1. The molecule has 1 aliphatic carbocycles. The molecule has 1 N–H and O–H groups in total. The molecule has 1 aromatic carbocycles. The highest BCUT2D eigenvalue weighted by Crippen LogP contribution is 2.54. The minimum Gasteiger partial charge on any atom is -0.481 e. The Morgan fingerprint density at radius 1 is 1.53 bits per heavy atom. The predicted octanol–water partition coefficient (Wildman–Crippen LogP) is 1.92. The molecule has 2 unspecified atom stereocenters. The van der Waals surface area contributed by atoms with E-state index in [1.54, 1.807) is 24.3 Å². The molecular weight excluding hydrogens is 190 g/mol. The number of carbonyl (C=O) groups is 1. The Morgan fingerprint density at radius 3 is 2.40 bits per heavy atom. The smallest absolute Gasteiger partial charge is 0.314 e. The highest BCUT2D eigenvalue weighted by atomic mass is 16.4. The van der Waals surface area contributed by atoms with E-state index in [9.17, 15) is 9.90 Å². The van der Waals surface area contributed by atoms with E-state index in [1.165, 1.54) is 0 Å². The van der Waals surface area contributed by atoms with Crippen LogP contribution in [-0.2, 0) is 10.2 Å². The van der Waals surface area contributed by atoms with Crippen molar-refractivity contribution >= 4 is 5.97 Å². The molecule has 0 radical (unpaired) electrons. The number of carboxylic acid groups (broad SMARTS) is 1. The Labute approximate surface area is 88.0 Å². The zero-order valence-electron chi connectivity index (χ0n) is 8.40. The molecule has 1 fully saturated rings. The van der Waals surface area contributed by atoms with Crippen LogP contribution in [0, 0.1) is 17.2 Å². The second kappa shape index (κ2) is 3.09. The predicted molar refractivity (Wildman–Crippen MR) is 54.3 cm³/mol. The first-order chi connectivity index (χ1) is 7.11. The van der Waals surface area contributed by atoms with Gasteiger partial charge in [0, 0.05) is 0 Å². The van der Waals surface area contributed by atoms with Crippen molar-refractivity contribution in [3.05, 3.63) is 35.4 Å². The van der Waals surface area contributed by atoms with Gasteiger partial charge in [-0.1, -0.05) is 19.1 Å².